The molecule has 1 saturated heterocycles. The van der Waals surface area contributed by atoms with Gasteiger partial charge in [-0.25, -0.2) is 9.78 Å². The molecule has 164 valence electrons. The third-order valence-corrected chi connectivity index (χ3v) is 6.51. The van der Waals surface area contributed by atoms with E-state index in [9.17, 15) is 14.4 Å². The molecule has 9 nitrogen and oxygen atoms in total. The molecule has 1 spiro atoms. The first-order valence-electron chi connectivity index (χ1n) is 10.6. The SMILES string of the molecule is Cc1ccc(-c2cc(C(=O)NCC3CCCC34NC(=O)NC4=O)c3c(C)noc3n2)cc1. The first-order chi connectivity index (χ1) is 15.4. The van der Waals surface area contributed by atoms with Crippen molar-refractivity contribution in [1.82, 2.24) is 26.1 Å². The van der Waals surface area contributed by atoms with Crippen molar-refractivity contribution in [2.75, 3.05) is 6.54 Å². The van der Waals surface area contributed by atoms with Crippen LogP contribution in [0.25, 0.3) is 22.4 Å². The fraction of sp³-hybridized carbons (Fsp3) is 0.348. The van der Waals surface area contributed by atoms with Crippen LogP contribution in [0.3, 0.4) is 0 Å². The number of hydrogen-bond acceptors (Lipinski definition) is 6. The molecule has 1 aromatic carbocycles. The summed E-state index contributed by atoms with van der Waals surface area (Å²) in [5.74, 6) is -0.804. The van der Waals surface area contributed by atoms with Gasteiger partial charge in [0.2, 0.25) is 0 Å². The molecule has 5 rings (SSSR count). The van der Waals surface area contributed by atoms with Crippen LogP contribution in [0.15, 0.2) is 34.9 Å². The van der Waals surface area contributed by atoms with Crippen molar-refractivity contribution in [2.24, 2.45) is 5.92 Å². The van der Waals surface area contributed by atoms with E-state index in [0.717, 1.165) is 24.0 Å². The largest absolute Gasteiger partial charge is 0.352 e. The summed E-state index contributed by atoms with van der Waals surface area (Å²) < 4.78 is 5.36. The highest BCUT2D eigenvalue weighted by molar-refractivity contribution is 6.08. The number of carbonyl (C=O) groups is 3. The van der Waals surface area contributed by atoms with E-state index in [1.165, 1.54) is 0 Å². The van der Waals surface area contributed by atoms with E-state index in [4.69, 9.17) is 4.52 Å². The summed E-state index contributed by atoms with van der Waals surface area (Å²) in [5.41, 5.74) is 2.93. The molecule has 4 amide bonds. The molecule has 2 aliphatic rings. The second kappa shape index (κ2) is 7.44. The Morgan fingerprint density at radius 2 is 2.03 bits per heavy atom. The number of aromatic nitrogens is 2. The molecule has 1 aliphatic heterocycles. The predicted molar refractivity (Wildman–Crippen MR) is 116 cm³/mol. The number of urea groups is 1. The van der Waals surface area contributed by atoms with Gasteiger partial charge in [-0.2, -0.15) is 0 Å². The second-order valence-corrected chi connectivity index (χ2v) is 8.55. The minimum atomic E-state index is -0.946. The quantitative estimate of drug-likeness (QED) is 0.543. The van der Waals surface area contributed by atoms with E-state index in [1.54, 1.807) is 13.0 Å². The maximum absolute atomic E-state index is 13.3. The first-order valence-corrected chi connectivity index (χ1v) is 10.6. The Hall–Kier alpha value is -3.75. The van der Waals surface area contributed by atoms with Crippen molar-refractivity contribution in [3.63, 3.8) is 0 Å². The van der Waals surface area contributed by atoms with Crippen molar-refractivity contribution in [2.45, 2.75) is 38.6 Å². The number of nitrogens with zero attached hydrogens (tertiary/aromatic N) is 2. The normalized spacial score (nSPS) is 22.4. The van der Waals surface area contributed by atoms with Crippen molar-refractivity contribution >= 4 is 28.9 Å². The van der Waals surface area contributed by atoms with Gasteiger partial charge in [0.25, 0.3) is 17.5 Å². The molecule has 3 N–H and O–H groups in total. The van der Waals surface area contributed by atoms with Crippen LogP contribution in [-0.2, 0) is 4.79 Å². The summed E-state index contributed by atoms with van der Waals surface area (Å²) in [5, 5.41) is 12.6. The van der Waals surface area contributed by atoms with E-state index in [-0.39, 0.29) is 24.3 Å². The Labute approximate surface area is 183 Å². The fourth-order valence-electron chi connectivity index (χ4n) is 4.78. The molecule has 32 heavy (non-hydrogen) atoms. The van der Waals surface area contributed by atoms with E-state index < -0.39 is 11.6 Å². The number of amides is 4. The molecule has 0 bridgehead atoms. The van der Waals surface area contributed by atoms with Gasteiger partial charge in [0.15, 0.2) is 0 Å². The average Bonchev–Trinajstić information content (AvgIpc) is 3.44. The number of pyridine rings is 1. The summed E-state index contributed by atoms with van der Waals surface area (Å²) >= 11 is 0. The standard InChI is InChI=1S/C23H23N5O4/c1-12-5-7-14(8-6-12)17-10-16(18-13(2)28-32-20(18)25-17)19(29)24-11-15-4-3-9-23(15)21(30)26-22(31)27-23/h5-8,10,15H,3-4,9,11H2,1-2H3,(H,24,29)(H2,26,27,30,31). The lowest BCUT2D eigenvalue weighted by molar-refractivity contribution is -0.125. The van der Waals surface area contributed by atoms with Crippen LogP contribution in [0.5, 0.6) is 0 Å². The number of aryl methyl sites for hydroxylation is 2. The molecule has 1 saturated carbocycles. The molecule has 3 heterocycles. The van der Waals surface area contributed by atoms with Gasteiger partial charge in [-0.15, -0.1) is 0 Å². The maximum atomic E-state index is 13.3. The van der Waals surface area contributed by atoms with Crippen molar-refractivity contribution in [1.29, 1.82) is 0 Å². The minimum absolute atomic E-state index is 0.185. The fourth-order valence-corrected chi connectivity index (χ4v) is 4.78. The van der Waals surface area contributed by atoms with Crippen molar-refractivity contribution in [3.8, 4) is 11.3 Å². The lowest BCUT2D eigenvalue weighted by Crippen LogP contribution is -2.53. The molecular formula is C23H23N5O4. The van der Waals surface area contributed by atoms with E-state index in [2.05, 4.69) is 26.1 Å². The van der Waals surface area contributed by atoms with Gasteiger partial charge in [0, 0.05) is 18.0 Å². The van der Waals surface area contributed by atoms with Gasteiger partial charge in [-0.05, 0) is 32.8 Å². The zero-order chi connectivity index (χ0) is 22.5. The molecule has 2 fully saturated rings. The Kier molecular flexibility index (Phi) is 4.69. The van der Waals surface area contributed by atoms with Crippen LogP contribution in [0.4, 0.5) is 4.79 Å². The molecule has 0 radical (unpaired) electrons. The topological polar surface area (TPSA) is 126 Å². The molecular weight excluding hydrogens is 410 g/mol. The Morgan fingerprint density at radius 3 is 2.75 bits per heavy atom. The van der Waals surface area contributed by atoms with Gasteiger partial charge in [-0.3, -0.25) is 14.9 Å². The maximum Gasteiger partial charge on any atom is 0.322 e. The summed E-state index contributed by atoms with van der Waals surface area (Å²) in [4.78, 5) is 41.9. The van der Waals surface area contributed by atoms with Gasteiger partial charge >= 0.3 is 6.03 Å². The number of benzene rings is 1. The third-order valence-electron chi connectivity index (χ3n) is 6.51. The number of imide groups is 1. The summed E-state index contributed by atoms with van der Waals surface area (Å²) in [7, 11) is 0. The average molecular weight is 433 g/mol. The smallest absolute Gasteiger partial charge is 0.322 e. The predicted octanol–water partition coefficient (Wildman–Crippen LogP) is 2.61. The van der Waals surface area contributed by atoms with Gasteiger partial charge in [0.05, 0.1) is 22.3 Å². The Bertz CT molecular complexity index is 1250. The summed E-state index contributed by atoms with van der Waals surface area (Å²) in [6, 6.07) is 9.10. The van der Waals surface area contributed by atoms with Gasteiger partial charge in [-0.1, -0.05) is 41.4 Å². The Balaban J connectivity index is 1.44. The van der Waals surface area contributed by atoms with Crippen molar-refractivity contribution < 1.29 is 18.9 Å². The highest BCUT2D eigenvalue weighted by Gasteiger charge is 2.54. The minimum Gasteiger partial charge on any atom is -0.352 e. The molecule has 9 heteroatoms. The zero-order valence-electron chi connectivity index (χ0n) is 17.8. The van der Waals surface area contributed by atoms with Crippen LogP contribution in [0.2, 0.25) is 0 Å². The third kappa shape index (κ3) is 3.21. The van der Waals surface area contributed by atoms with E-state index in [0.29, 0.717) is 34.5 Å². The van der Waals surface area contributed by atoms with Crippen LogP contribution in [0.1, 0.15) is 40.9 Å². The van der Waals surface area contributed by atoms with Crippen molar-refractivity contribution in [3.05, 3.63) is 47.2 Å². The number of rotatable bonds is 4. The molecule has 1 aliphatic carbocycles. The number of carbonyl (C=O) groups excluding carboxylic acids is 3. The van der Waals surface area contributed by atoms with E-state index in [1.807, 2.05) is 31.2 Å². The highest BCUT2D eigenvalue weighted by Crippen LogP contribution is 2.37. The summed E-state index contributed by atoms with van der Waals surface area (Å²) in [6.07, 6.45) is 2.10. The van der Waals surface area contributed by atoms with Gasteiger partial charge < -0.3 is 15.2 Å². The van der Waals surface area contributed by atoms with Crippen LogP contribution < -0.4 is 16.0 Å². The van der Waals surface area contributed by atoms with E-state index >= 15 is 0 Å². The van der Waals surface area contributed by atoms with Crippen LogP contribution in [-0.4, -0.2) is 40.1 Å². The number of nitrogens with one attached hydrogen (secondary N) is 3. The monoisotopic (exact) mass is 433 g/mol. The second-order valence-electron chi connectivity index (χ2n) is 8.55. The zero-order valence-corrected chi connectivity index (χ0v) is 17.8. The van der Waals surface area contributed by atoms with Crippen LogP contribution in [0, 0.1) is 19.8 Å². The van der Waals surface area contributed by atoms with Gasteiger partial charge in [0.1, 0.15) is 5.54 Å². The lowest BCUT2D eigenvalue weighted by Gasteiger charge is -2.28. The number of hydrogen-bond donors (Lipinski definition) is 3. The molecule has 2 unspecified atom stereocenters. The lowest BCUT2D eigenvalue weighted by atomic mass is 9.87. The Morgan fingerprint density at radius 1 is 1.25 bits per heavy atom. The first kappa shape index (κ1) is 20.2. The molecule has 2 atom stereocenters. The highest BCUT2D eigenvalue weighted by atomic mass is 16.5. The molecule has 2 aromatic heterocycles. The number of fused-ring (bicyclic) bond motifs is 1. The molecule has 3 aromatic rings. The van der Waals surface area contributed by atoms with Crippen LogP contribution >= 0.6 is 0 Å². The summed E-state index contributed by atoms with van der Waals surface area (Å²) in [6.45, 7) is 4.03.